The van der Waals surface area contributed by atoms with Crippen molar-refractivity contribution >= 4 is 13.3 Å². The summed E-state index contributed by atoms with van der Waals surface area (Å²) < 4.78 is 0. The van der Waals surface area contributed by atoms with E-state index in [0.29, 0.717) is 12.4 Å². The second kappa shape index (κ2) is 16.2. The zero-order chi connectivity index (χ0) is 17.3. The molecule has 7 heteroatoms. The van der Waals surface area contributed by atoms with Gasteiger partial charge in [-0.1, -0.05) is 25.7 Å². The average molecular weight is 328 g/mol. The molecule has 0 bridgehead atoms. The molecule has 0 amide bonds. The molecule has 1 aliphatic rings. The second-order valence-electron chi connectivity index (χ2n) is 6.23. The van der Waals surface area contributed by atoms with Crippen LogP contribution in [-0.4, -0.2) is 60.9 Å². The quantitative estimate of drug-likeness (QED) is 0.369. The molecule has 1 fully saturated rings. The number of rotatable bonds is 12. The van der Waals surface area contributed by atoms with Crippen LogP contribution < -0.4 is 5.32 Å². The molecule has 134 valence electrons. The van der Waals surface area contributed by atoms with E-state index in [9.17, 15) is 0 Å². The molecule has 1 atom stereocenters. The molecule has 0 aliphatic carbocycles. The third kappa shape index (κ3) is 14.6. The molecule has 3 N–H and O–H groups in total. The predicted molar refractivity (Wildman–Crippen MR) is 90.8 cm³/mol. The lowest BCUT2D eigenvalue weighted by atomic mass is 9.83. The molecule has 23 heavy (non-hydrogen) atoms. The van der Waals surface area contributed by atoms with Gasteiger partial charge >= 0.3 is 13.3 Å². The number of likely N-dealkylation sites (tertiary alicyclic amines) is 1. The first-order valence-corrected chi connectivity index (χ1v) is 8.89. The van der Waals surface area contributed by atoms with Crippen LogP contribution in [0.3, 0.4) is 0 Å². The minimum Gasteiger partial charge on any atom is -0.427 e. The predicted octanol–water partition coefficient (Wildman–Crippen LogP) is 1.29. The number of hydrogen-bond acceptors (Lipinski definition) is 6. The topological polar surface area (TPSA) is 89.9 Å². The Kier molecular flexibility index (Phi) is 15.7. The number of carbonyl (C=O) groups excluding carboxylic acids is 2. The second-order valence-corrected chi connectivity index (χ2v) is 6.23. The lowest BCUT2D eigenvalue weighted by molar-refractivity contribution is -0.191. The third-order valence-electron chi connectivity index (χ3n) is 4.40. The maximum absolute atomic E-state index is 8.80. The largest absolute Gasteiger partial charge is 0.451 e. The normalized spacial score (nSPS) is 15.6. The molecule has 1 saturated heterocycles. The molecule has 0 aromatic rings. The molecule has 0 saturated carbocycles. The molecule has 0 radical (unpaired) electrons. The van der Waals surface area contributed by atoms with Crippen LogP contribution in [0, 0.1) is 0 Å². The molecular weight excluding hydrogens is 295 g/mol. The van der Waals surface area contributed by atoms with Gasteiger partial charge in [0.05, 0.1) is 0 Å². The van der Waals surface area contributed by atoms with Crippen molar-refractivity contribution < 1.29 is 19.6 Å². The fraction of sp³-hybridized carbons (Fsp3) is 0.938. The van der Waals surface area contributed by atoms with Gasteiger partial charge in [0.2, 0.25) is 0 Å². The minimum absolute atomic E-state index is 0.250. The summed E-state index contributed by atoms with van der Waals surface area (Å²) in [5.41, 5.74) is 0. The first kappa shape index (κ1) is 22.3. The van der Waals surface area contributed by atoms with Gasteiger partial charge in [-0.15, -0.1) is 0 Å². The Morgan fingerprint density at radius 1 is 1.04 bits per heavy atom. The van der Waals surface area contributed by atoms with Crippen LogP contribution in [0.2, 0.25) is 6.32 Å². The summed E-state index contributed by atoms with van der Waals surface area (Å²) >= 11 is 0. The van der Waals surface area contributed by atoms with Gasteiger partial charge in [0.1, 0.15) is 0 Å². The maximum Gasteiger partial charge on any atom is 0.451 e. The monoisotopic (exact) mass is 328 g/mol. The number of unbranched alkanes of at least 4 members (excludes halogenated alkanes) is 3. The van der Waals surface area contributed by atoms with E-state index < -0.39 is 7.12 Å². The van der Waals surface area contributed by atoms with Crippen LogP contribution >= 0.6 is 0 Å². The van der Waals surface area contributed by atoms with Crippen molar-refractivity contribution in [2.45, 2.75) is 70.1 Å². The summed E-state index contributed by atoms with van der Waals surface area (Å²) in [6, 6.07) is 0.595. The smallest absolute Gasteiger partial charge is 0.427 e. The van der Waals surface area contributed by atoms with Crippen molar-refractivity contribution in [3.05, 3.63) is 0 Å². The minimum atomic E-state index is -1.13. The molecule has 6 nitrogen and oxygen atoms in total. The van der Waals surface area contributed by atoms with Gasteiger partial charge in [0, 0.05) is 6.04 Å². The van der Waals surface area contributed by atoms with Crippen molar-refractivity contribution in [3.63, 3.8) is 0 Å². The Labute approximate surface area is 140 Å². The summed E-state index contributed by atoms with van der Waals surface area (Å²) in [7, 11) is 0.907. The van der Waals surface area contributed by atoms with Crippen LogP contribution in [-0.2, 0) is 9.59 Å². The molecule has 1 aliphatic heterocycles. The number of hydrogen-bond donors (Lipinski definition) is 3. The van der Waals surface area contributed by atoms with Gasteiger partial charge < -0.3 is 20.3 Å². The Balaban J connectivity index is 0.00000149. The summed E-state index contributed by atoms with van der Waals surface area (Å²) in [5.74, 6) is 0. The fourth-order valence-electron chi connectivity index (χ4n) is 3.06. The van der Waals surface area contributed by atoms with Crippen molar-refractivity contribution in [2.24, 2.45) is 0 Å². The third-order valence-corrected chi connectivity index (χ3v) is 4.40. The van der Waals surface area contributed by atoms with Gasteiger partial charge in [0.25, 0.3) is 0 Å². The lowest BCUT2D eigenvalue weighted by Crippen LogP contribution is -2.25. The Morgan fingerprint density at radius 2 is 1.61 bits per heavy atom. The highest BCUT2D eigenvalue weighted by Gasteiger charge is 2.11. The molecule has 0 spiro atoms. The summed E-state index contributed by atoms with van der Waals surface area (Å²) in [5, 5.41) is 21.0. The first-order valence-electron chi connectivity index (χ1n) is 8.89. The standard InChI is InChI=1S/C15H33BN2O2.CO2/c1-17-15(10-4-5-11-16(19)20)9-3-2-6-12-18-13-7-8-14-18;2-1-3/h15,17,19-20H,2-14H2,1H3;. The number of nitrogens with one attached hydrogen (secondary N) is 1. The zero-order valence-electron chi connectivity index (χ0n) is 14.5. The van der Waals surface area contributed by atoms with E-state index in [1.54, 1.807) is 0 Å². The van der Waals surface area contributed by atoms with Crippen molar-refractivity contribution in [1.29, 1.82) is 0 Å². The van der Waals surface area contributed by atoms with E-state index in [2.05, 4.69) is 10.2 Å². The highest BCUT2D eigenvalue weighted by molar-refractivity contribution is 6.40. The molecular formula is C16H33BN2O4. The fourth-order valence-corrected chi connectivity index (χ4v) is 3.06. The Hall–Kier alpha value is -0.715. The van der Waals surface area contributed by atoms with Crippen LogP contribution in [0.25, 0.3) is 0 Å². The first-order chi connectivity index (χ1) is 11.1. The van der Waals surface area contributed by atoms with Gasteiger partial charge in [0.15, 0.2) is 0 Å². The number of nitrogens with zero attached hydrogens (tertiary/aromatic N) is 1. The van der Waals surface area contributed by atoms with Crippen LogP contribution in [0.1, 0.15) is 57.8 Å². The van der Waals surface area contributed by atoms with Crippen molar-refractivity contribution in [1.82, 2.24) is 10.2 Å². The van der Waals surface area contributed by atoms with E-state index in [4.69, 9.17) is 19.6 Å². The van der Waals surface area contributed by atoms with E-state index in [0.717, 1.165) is 19.3 Å². The summed E-state index contributed by atoms with van der Waals surface area (Å²) in [6.07, 6.45) is 11.9. The average Bonchev–Trinajstić information content (AvgIpc) is 3.03. The Morgan fingerprint density at radius 3 is 2.13 bits per heavy atom. The van der Waals surface area contributed by atoms with Gasteiger partial charge in [-0.05, 0) is 65.1 Å². The molecule has 1 unspecified atom stereocenters. The van der Waals surface area contributed by atoms with Gasteiger partial charge in [-0.25, -0.2) is 0 Å². The SMILES string of the molecule is CNC(CCCCCN1CCCC1)CCCCB(O)O.O=C=O. The Bertz CT molecular complexity index is 294. The van der Waals surface area contributed by atoms with Gasteiger partial charge in [-0.2, -0.15) is 9.59 Å². The zero-order valence-corrected chi connectivity index (χ0v) is 14.5. The lowest BCUT2D eigenvalue weighted by Gasteiger charge is -2.17. The molecule has 1 rings (SSSR count). The van der Waals surface area contributed by atoms with E-state index in [-0.39, 0.29) is 6.15 Å². The molecule has 0 aromatic carbocycles. The van der Waals surface area contributed by atoms with Crippen LogP contribution in [0.15, 0.2) is 0 Å². The maximum atomic E-state index is 8.80. The van der Waals surface area contributed by atoms with Gasteiger partial charge in [-0.3, -0.25) is 0 Å². The molecule has 0 aromatic heterocycles. The van der Waals surface area contributed by atoms with Crippen LogP contribution in [0.4, 0.5) is 0 Å². The van der Waals surface area contributed by atoms with E-state index in [1.165, 1.54) is 58.2 Å². The van der Waals surface area contributed by atoms with E-state index >= 15 is 0 Å². The summed E-state index contributed by atoms with van der Waals surface area (Å²) in [4.78, 5) is 18.8. The van der Waals surface area contributed by atoms with E-state index in [1.807, 2.05) is 7.05 Å². The van der Waals surface area contributed by atoms with Crippen molar-refractivity contribution in [2.75, 3.05) is 26.7 Å². The summed E-state index contributed by atoms with van der Waals surface area (Å²) in [6.45, 7) is 3.92. The highest BCUT2D eigenvalue weighted by Crippen LogP contribution is 2.13. The van der Waals surface area contributed by atoms with Crippen molar-refractivity contribution in [3.8, 4) is 0 Å². The van der Waals surface area contributed by atoms with Crippen LogP contribution in [0.5, 0.6) is 0 Å². The highest BCUT2D eigenvalue weighted by atomic mass is 16.4. The molecule has 1 heterocycles.